The molecule has 0 spiro atoms. The lowest BCUT2D eigenvalue weighted by Crippen LogP contribution is -2.40. The fourth-order valence-electron chi connectivity index (χ4n) is 4.55. The normalized spacial score (nSPS) is 14.7. The Morgan fingerprint density at radius 3 is 2.39 bits per heavy atom. The molecule has 2 heterocycles. The number of thiazole rings is 1. The van der Waals surface area contributed by atoms with Crippen LogP contribution < -0.4 is 29.1 Å². The van der Waals surface area contributed by atoms with E-state index in [4.69, 9.17) is 18.9 Å². The molecule has 4 rings (SSSR count). The van der Waals surface area contributed by atoms with Crippen molar-refractivity contribution in [2.45, 2.75) is 46.8 Å². The number of aromatic nitrogens is 1. The van der Waals surface area contributed by atoms with Crippen molar-refractivity contribution in [1.29, 1.82) is 0 Å². The lowest BCUT2D eigenvalue weighted by molar-refractivity contribution is -0.143. The van der Waals surface area contributed by atoms with Crippen molar-refractivity contribution in [3.05, 3.63) is 81.4 Å². The first-order valence-corrected chi connectivity index (χ1v) is 16.2. The van der Waals surface area contributed by atoms with Crippen LogP contribution in [0, 0.1) is 0 Å². The predicted octanol–water partition coefficient (Wildman–Crippen LogP) is 5.06. The Morgan fingerprint density at radius 1 is 1.07 bits per heavy atom. The van der Waals surface area contributed by atoms with Crippen LogP contribution in [0.2, 0.25) is 0 Å². The standard InChI is InChI=1S/C31H32Br2N2O8S/c1-7-40-23-14-19(9-10-22(23)42-15-25(36)39-6)27-26(30(38)41-8-2)17(5)34-31-35(27)29(37)24(44-31)13-18-11-20(32)28(21(33)12-18)43-16(3)4/h9-14,16,27H,7-8,15H2,1-6H3/b24-13+/t27-/m1/s1. The van der Waals surface area contributed by atoms with Crippen LogP contribution in [-0.4, -0.2) is 49.5 Å². The highest BCUT2D eigenvalue weighted by Gasteiger charge is 2.34. The maximum atomic E-state index is 14.1. The number of esters is 2. The summed E-state index contributed by atoms with van der Waals surface area (Å²) in [6, 6.07) is 7.92. The first kappa shape index (κ1) is 33.5. The highest BCUT2D eigenvalue weighted by Crippen LogP contribution is 2.37. The number of ether oxygens (including phenoxy) is 5. The molecule has 0 amide bonds. The molecule has 1 aliphatic heterocycles. The lowest BCUT2D eigenvalue weighted by Gasteiger charge is -2.25. The second kappa shape index (κ2) is 14.6. The summed E-state index contributed by atoms with van der Waals surface area (Å²) in [7, 11) is 1.27. The molecule has 0 aliphatic carbocycles. The van der Waals surface area contributed by atoms with Crippen LogP contribution >= 0.6 is 43.2 Å². The van der Waals surface area contributed by atoms with E-state index in [1.165, 1.54) is 23.0 Å². The summed E-state index contributed by atoms with van der Waals surface area (Å²) < 4.78 is 30.8. The van der Waals surface area contributed by atoms with Gasteiger partial charge in [0.25, 0.3) is 5.56 Å². The van der Waals surface area contributed by atoms with E-state index in [0.717, 1.165) is 14.5 Å². The van der Waals surface area contributed by atoms with E-state index in [-0.39, 0.29) is 30.5 Å². The Kier molecular flexibility index (Phi) is 11.1. The number of methoxy groups -OCH3 is 1. The van der Waals surface area contributed by atoms with Crippen LogP contribution in [0.3, 0.4) is 0 Å². The van der Waals surface area contributed by atoms with Crippen molar-refractivity contribution in [3.8, 4) is 17.2 Å². The van der Waals surface area contributed by atoms with Crippen molar-refractivity contribution in [3.63, 3.8) is 0 Å². The molecule has 0 unspecified atom stereocenters. The minimum absolute atomic E-state index is 0.0225. The third-order valence-electron chi connectivity index (χ3n) is 6.35. The number of allylic oxidation sites excluding steroid dienone is 1. The third kappa shape index (κ3) is 7.27. The number of hydrogen-bond donors (Lipinski definition) is 0. The van der Waals surface area contributed by atoms with Gasteiger partial charge in [-0.05, 0) is 108 Å². The second-order valence-electron chi connectivity index (χ2n) is 9.79. The molecule has 1 aliphatic rings. The molecule has 10 nitrogen and oxygen atoms in total. The topological polar surface area (TPSA) is 115 Å². The zero-order valence-corrected chi connectivity index (χ0v) is 29.1. The maximum Gasteiger partial charge on any atom is 0.343 e. The molecule has 1 atom stereocenters. The van der Waals surface area contributed by atoms with Crippen molar-refractivity contribution in [2.75, 3.05) is 26.9 Å². The molecule has 0 fully saturated rings. The van der Waals surface area contributed by atoms with Gasteiger partial charge in [0.05, 0.1) is 57.2 Å². The van der Waals surface area contributed by atoms with Crippen LogP contribution in [0.25, 0.3) is 6.08 Å². The molecular weight excluding hydrogens is 720 g/mol. The average Bonchev–Trinajstić information content (AvgIpc) is 3.27. The summed E-state index contributed by atoms with van der Waals surface area (Å²) in [4.78, 5) is 44.1. The zero-order chi connectivity index (χ0) is 32.1. The van der Waals surface area contributed by atoms with E-state index in [2.05, 4.69) is 41.6 Å². The average molecular weight is 752 g/mol. The summed E-state index contributed by atoms with van der Waals surface area (Å²) in [5, 5.41) is 0. The molecule has 0 saturated carbocycles. The van der Waals surface area contributed by atoms with Gasteiger partial charge in [0.1, 0.15) is 5.75 Å². The zero-order valence-electron chi connectivity index (χ0n) is 25.1. The van der Waals surface area contributed by atoms with E-state index >= 15 is 0 Å². The molecule has 13 heteroatoms. The molecular formula is C31H32Br2N2O8S. The van der Waals surface area contributed by atoms with Gasteiger partial charge in [0.2, 0.25) is 0 Å². The van der Waals surface area contributed by atoms with Gasteiger partial charge < -0.3 is 23.7 Å². The third-order valence-corrected chi connectivity index (χ3v) is 8.51. The Bertz CT molecular complexity index is 1770. The molecule has 44 heavy (non-hydrogen) atoms. The van der Waals surface area contributed by atoms with Crippen LogP contribution in [0.1, 0.15) is 51.8 Å². The van der Waals surface area contributed by atoms with Gasteiger partial charge in [-0.15, -0.1) is 0 Å². The SMILES string of the molecule is CCOC(=O)C1=C(C)N=c2s/c(=C/c3cc(Br)c(OC(C)C)c(Br)c3)c(=O)n2[C@@H]1c1ccc(OCC(=O)OC)c(OCC)c1. The summed E-state index contributed by atoms with van der Waals surface area (Å²) >= 11 is 8.36. The van der Waals surface area contributed by atoms with E-state index in [1.807, 2.05) is 32.9 Å². The Hall–Kier alpha value is -3.42. The van der Waals surface area contributed by atoms with Gasteiger partial charge in [-0.2, -0.15) is 0 Å². The molecule has 0 bridgehead atoms. The highest BCUT2D eigenvalue weighted by atomic mass is 79.9. The number of halogens is 2. The van der Waals surface area contributed by atoms with E-state index < -0.39 is 18.0 Å². The molecule has 0 N–H and O–H groups in total. The number of carbonyl (C=O) groups is 2. The molecule has 0 saturated heterocycles. The molecule has 234 valence electrons. The van der Waals surface area contributed by atoms with Crippen LogP contribution in [-0.2, 0) is 19.1 Å². The highest BCUT2D eigenvalue weighted by molar-refractivity contribution is 9.11. The van der Waals surface area contributed by atoms with E-state index in [0.29, 0.717) is 44.4 Å². The molecule has 0 radical (unpaired) electrons. The molecule has 3 aromatic rings. The van der Waals surface area contributed by atoms with Crippen molar-refractivity contribution in [2.24, 2.45) is 4.99 Å². The number of nitrogens with zero attached hydrogens (tertiary/aromatic N) is 2. The lowest BCUT2D eigenvalue weighted by atomic mass is 9.95. The minimum Gasteiger partial charge on any atom is -0.490 e. The van der Waals surface area contributed by atoms with Gasteiger partial charge in [0, 0.05) is 0 Å². The van der Waals surface area contributed by atoms with Gasteiger partial charge in [0.15, 0.2) is 22.9 Å². The summed E-state index contributed by atoms with van der Waals surface area (Å²) in [5.74, 6) is 0.191. The Morgan fingerprint density at radius 2 is 1.77 bits per heavy atom. The minimum atomic E-state index is -0.860. The summed E-state index contributed by atoms with van der Waals surface area (Å²) in [6.07, 6.45) is 1.75. The first-order chi connectivity index (χ1) is 21.0. The van der Waals surface area contributed by atoms with Crippen molar-refractivity contribution in [1.82, 2.24) is 4.57 Å². The van der Waals surface area contributed by atoms with E-state index in [9.17, 15) is 14.4 Å². The van der Waals surface area contributed by atoms with Gasteiger partial charge in [-0.25, -0.2) is 14.6 Å². The number of benzene rings is 2. The number of hydrogen-bond acceptors (Lipinski definition) is 10. The van der Waals surface area contributed by atoms with Crippen LogP contribution in [0.5, 0.6) is 17.2 Å². The number of rotatable bonds is 11. The fraction of sp³-hybridized carbons (Fsp3) is 0.355. The quantitative estimate of drug-likeness (QED) is 0.250. The predicted molar refractivity (Wildman–Crippen MR) is 173 cm³/mol. The largest absolute Gasteiger partial charge is 0.490 e. The number of fused-ring (bicyclic) bond motifs is 1. The molecule has 1 aromatic heterocycles. The monoisotopic (exact) mass is 750 g/mol. The first-order valence-electron chi connectivity index (χ1n) is 13.8. The maximum absolute atomic E-state index is 14.1. The Labute approximate surface area is 275 Å². The Balaban J connectivity index is 1.89. The van der Waals surface area contributed by atoms with Crippen LogP contribution in [0.15, 0.2) is 60.3 Å². The summed E-state index contributed by atoms with van der Waals surface area (Å²) in [5.41, 5.74) is 1.67. The van der Waals surface area contributed by atoms with Crippen molar-refractivity contribution >= 4 is 61.2 Å². The van der Waals surface area contributed by atoms with Crippen molar-refractivity contribution < 1.29 is 33.3 Å². The van der Waals surface area contributed by atoms with Gasteiger partial charge >= 0.3 is 11.9 Å². The summed E-state index contributed by atoms with van der Waals surface area (Å²) in [6.45, 7) is 9.28. The smallest absolute Gasteiger partial charge is 0.343 e. The van der Waals surface area contributed by atoms with Gasteiger partial charge in [-0.3, -0.25) is 9.36 Å². The van der Waals surface area contributed by atoms with E-state index in [1.54, 1.807) is 38.1 Å². The van der Waals surface area contributed by atoms with Crippen LogP contribution in [0.4, 0.5) is 0 Å². The fourth-order valence-corrected chi connectivity index (χ4v) is 7.00. The second-order valence-corrected chi connectivity index (χ2v) is 12.5. The number of carbonyl (C=O) groups excluding carboxylic acids is 2. The molecule has 2 aromatic carbocycles. The van der Waals surface area contributed by atoms with Gasteiger partial charge in [-0.1, -0.05) is 17.4 Å².